The van der Waals surface area contributed by atoms with Crippen LogP contribution in [0.5, 0.6) is 0 Å². The standard InChI is InChI=1S/C22H28ClN5O/c1-28(2)20-13-14-24-22(27-20)26-18-10-7-16(8-11-18)15-25-21(29)12-9-17-5-3-4-6-19(17)23/h3-6,9,12-14,16,18H,7-8,10-11,15H2,1-2H3,(H,25,29)(H,24,26,27)/b12-9+/t16-,18+. The normalized spacial score (nSPS) is 19.1. The summed E-state index contributed by atoms with van der Waals surface area (Å²) in [6.45, 7) is 0.699. The second kappa shape index (κ2) is 10.3. The van der Waals surface area contributed by atoms with Gasteiger partial charge in [-0.15, -0.1) is 0 Å². The Morgan fingerprint density at radius 1 is 1.21 bits per heavy atom. The predicted molar refractivity (Wildman–Crippen MR) is 119 cm³/mol. The Labute approximate surface area is 177 Å². The fourth-order valence-corrected chi connectivity index (χ4v) is 3.64. The summed E-state index contributed by atoms with van der Waals surface area (Å²) in [5.41, 5.74) is 0.844. The molecule has 0 aliphatic heterocycles. The Morgan fingerprint density at radius 3 is 2.69 bits per heavy atom. The van der Waals surface area contributed by atoms with Gasteiger partial charge in [-0.3, -0.25) is 4.79 Å². The number of aromatic nitrogens is 2. The van der Waals surface area contributed by atoms with Crippen LogP contribution < -0.4 is 15.5 Å². The Balaban J connectivity index is 1.40. The van der Waals surface area contributed by atoms with Crippen LogP contribution in [0.25, 0.3) is 6.08 Å². The molecule has 1 saturated carbocycles. The van der Waals surface area contributed by atoms with E-state index in [2.05, 4.69) is 20.6 Å². The Morgan fingerprint density at radius 2 is 1.97 bits per heavy atom. The molecule has 1 aliphatic carbocycles. The molecule has 1 heterocycles. The molecule has 1 fully saturated rings. The van der Waals surface area contributed by atoms with Crippen molar-refractivity contribution >= 4 is 35.4 Å². The first kappa shape index (κ1) is 21.1. The molecule has 3 rings (SSSR count). The molecule has 0 atom stereocenters. The minimum atomic E-state index is -0.0842. The van der Waals surface area contributed by atoms with Crippen molar-refractivity contribution in [3.05, 3.63) is 53.2 Å². The van der Waals surface area contributed by atoms with Gasteiger partial charge in [-0.25, -0.2) is 4.98 Å². The summed E-state index contributed by atoms with van der Waals surface area (Å²) in [6.07, 6.45) is 9.31. The number of carbonyl (C=O) groups is 1. The van der Waals surface area contributed by atoms with Gasteiger partial charge in [-0.1, -0.05) is 29.8 Å². The van der Waals surface area contributed by atoms with Gasteiger partial charge in [-0.05, 0) is 55.4 Å². The number of carbonyl (C=O) groups excluding carboxylic acids is 1. The van der Waals surface area contributed by atoms with Gasteiger partial charge in [0.05, 0.1) is 0 Å². The Hall–Kier alpha value is -2.60. The third kappa shape index (κ3) is 6.46. The molecule has 1 amide bonds. The maximum absolute atomic E-state index is 12.1. The van der Waals surface area contributed by atoms with Crippen LogP contribution >= 0.6 is 11.6 Å². The second-order valence-corrected chi connectivity index (χ2v) is 8.00. The number of amides is 1. The maximum Gasteiger partial charge on any atom is 0.244 e. The minimum Gasteiger partial charge on any atom is -0.363 e. The highest BCUT2D eigenvalue weighted by atomic mass is 35.5. The lowest BCUT2D eigenvalue weighted by Gasteiger charge is -2.29. The van der Waals surface area contributed by atoms with Crippen molar-refractivity contribution in [2.24, 2.45) is 5.92 Å². The highest BCUT2D eigenvalue weighted by Gasteiger charge is 2.22. The van der Waals surface area contributed by atoms with E-state index >= 15 is 0 Å². The van der Waals surface area contributed by atoms with Crippen molar-refractivity contribution < 1.29 is 4.79 Å². The molecule has 0 bridgehead atoms. The molecular formula is C22H28ClN5O. The number of hydrogen-bond acceptors (Lipinski definition) is 5. The molecule has 2 N–H and O–H groups in total. The van der Waals surface area contributed by atoms with Crippen molar-refractivity contribution in [2.45, 2.75) is 31.7 Å². The van der Waals surface area contributed by atoms with Gasteiger partial charge in [-0.2, -0.15) is 4.98 Å². The van der Waals surface area contributed by atoms with Gasteiger partial charge in [0, 0.05) is 44.0 Å². The first-order valence-corrected chi connectivity index (χ1v) is 10.4. The molecule has 2 aromatic rings. The van der Waals surface area contributed by atoms with Crippen LogP contribution in [0.4, 0.5) is 11.8 Å². The summed E-state index contributed by atoms with van der Waals surface area (Å²) in [6, 6.07) is 9.74. The third-order valence-electron chi connectivity index (χ3n) is 5.16. The number of halogens is 1. The summed E-state index contributed by atoms with van der Waals surface area (Å²) in [5, 5.41) is 7.09. The predicted octanol–water partition coefficient (Wildman–Crippen LogP) is 4.00. The lowest BCUT2D eigenvalue weighted by Crippen LogP contribution is -2.33. The van der Waals surface area contributed by atoms with E-state index in [1.165, 1.54) is 0 Å². The number of nitrogens with one attached hydrogen (secondary N) is 2. The fraction of sp³-hybridized carbons (Fsp3) is 0.409. The van der Waals surface area contributed by atoms with Gasteiger partial charge in [0.1, 0.15) is 5.82 Å². The summed E-state index contributed by atoms with van der Waals surface area (Å²) >= 11 is 6.10. The first-order valence-electron chi connectivity index (χ1n) is 9.98. The van der Waals surface area contributed by atoms with E-state index in [0.717, 1.165) is 37.1 Å². The third-order valence-corrected chi connectivity index (χ3v) is 5.51. The quantitative estimate of drug-likeness (QED) is 0.671. The molecule has 1 aliphatic rings. The van der Waals surface area contributed by atoms with Crippen LogP contribution in [0.2, 0.25) is 5.02 Å². The molecule has 1 aromatic carbocycles. The molecule has 0 radical (unpaired) electrons. The van der Waals surface area contributed by atoms with Gasteiger partial charge in [0.2, 0.25) is 11.9 Å². The minimum absolute atomic E-state index is 0.0842. The average Bonchev–Trinajstić information content (AvgIpc) is 2.73. The first-order chi connectivity index (χ1) is 14.0. The number of hydrogen-bond donors (Lipinski definition) is 2. The van der Waals surface area contributed by atoms with Crippen LogP contribution in [0.3, 0.4) is 0 Å². The molecule has 1 aromatic heterocycles. The zero-order chi connectivity index (χ0) is 20.6. The van der Waals surface area contributed by atoms with E-state index in [4.69, 9.17) is 11.6 Å². The molecule has 7 heteroatoms. The fourth-order valence-electron chi connectivity index (χ4n) is 3.44. The zero-order valence-corrected chi connectivity index (χ0v) is 17.7. The van der Waals surface area contributed by atoms with Gasteiger partial charge >= 0.3 is 0 Å². The van der Waals surface area contributed by atoms with Crippen LogP contribution in [-0.4, -0.2) is 42.6 Å². The summed E-state index contributed by atoms with van der Waals surface area (Å²) in [7, 11) is 3.94. The van der Waals surface area contributed by atoms with E-state index in [1.54, 1.807) is 18.3 Å². The van der Waals surface area contributed by atoms with Crippen molar-refractivity contribution in [3.8, 4) is 0 Å². The smallest absolute Gasteiger partial charge is 0.244 e. The summed E-state index contributed by atoms with van der Waals surface area (Å²) in [4.78, 5) is 22.9. The molecule has 0 spiro atoms. The van der Waals surface area contributed by atoms with Crippen LogP contribution in [0, 0.1) is 5.92 Å². The van der Waals surface area contributed by atoms with Gasteiger partial charge in [0.25, 0.3) is 0 Å². The van der Waals surface area contributed by atoms with Crippen molar-refractivity contribution in [2.75, 3.05) is 30.9 Å². The molecular weight excluding hydrogens is 386 g/mol. The Bertz CT molecular complexity index is 847. The number of rotatable bonds is 7. The topological polar surface area (TPSA) is 70.2 Å². The van der Waals surface area contributed by atoms with Crippen LogP contribution in [-0.2, 0) is 4.79 Å². The van der Waals surface area contributed by atoms with Gasteiger partial charge in [0.15, 0.2) is 0 Å². The Kier molecular flexibility index (Phi) is 7.47. The van der Waals surface area contributed by atoms with E-state index < -0.39 is 0 Å². The average molecular weight is 414 g/mol. The molecule has 6 nitrogen and oxygen atoms in total. The van der Waals surface area contributed by atoms with Crippen molar-refractivity contribution in [1.29, 1.82) is 0 Å². The number of nitrogens with zero attached hydrogens (tertiary/aromatic N) is 3. The van der Waals surface area contributed by atoms with E-state index in [9.17, 15) is 4.79 Å². The zero-order valence-electron chi connectivity index (χ0n) is 16.9. The summed E-state index contributed by atoms with van der Waals surface area (Å²) in [5.74, 6) is 1.99. The van der Waals surface area contributed by atoms with Crippen LogP contribution in [0.15, 0.2) is 42.6 Å². The van der Waals surface area contributed by atoms with E-state index in [1.807, 2.05) is 49.3 Å². The highest BCUT2D eigenvalue weighted by Crippen LogP contribution is 2.26. The van der Waals surface area contributed by atoms with Crippen molar-refractivity contribution in [1.82, 2.24) is 15.3 Å². The van der Waals surface area contributed by atoms with Gasteiger partial charge < -0.3 is 15.5 Å². The van der Waals surface area contributed by atoms with E-state index in [-0.39, 0.29) is 5.91 Å². The summed E-state index contributed by atoms with van der Waals surface area (Å²) < 4.78 is 0. The van der Waals surface area contributed by atoms with E-state index in [0.29, 0.717) is 29.5 Å². The second-order valence-electron chi connectivity index (χ2n) is 7.59. The van der Waals surface area contributed by atoms with Crippen molar-refractivity contribution in [3.63, 3.8) is 0 Å². The number of anilines is 2. The molecule has 0 unspecified atom stereocenters. The number of benzene rings is 1. The lowest BCUT2D eigenvalue weighted by molar-refractivity contribution is -0.116. The lowest BCUT2D eigenvalue weighted by atomic mass is 9.86. The monoisotopic (exact) mass is 413 g/mol. The molecule has 154 valence electrons. The van der Waals surface area contributed by atoms with Crippen LogP contribution in [0.1, 0.15) is 31.2 Å². The largest absolute Gasteiger partial charge is 0.363 e. The highest BCUT2D eigenvalue weighted by molar-refractivity contribution is 6.32. The molecule has 29 heavy (non-hydrogen) atoms. The maximum atomic E-state index is 12.1. The molecule has 0 saturated heterocycles. The SMILES string of the molecule is CN(C)c1ccnc(N[C@H]2CC[C@@H](CNC(=O)/C=C/c3ccccc3Cl)CC2)n1.